The van der Waals surface area contributed by atoms with Crippen molar-refractivity contribution in [1.29, 1.82) is 0 Å². The Morgan fingerprint density at radius 3 is 2.51 bits per heavy atom. The van der Waals surface area contributed by atoms with Gasteiger partial charge in [-0.2, -0.15) is 0 Å². The Kier molecular flexibility index (Phi) is 5.36. The van der Waals surface area contributed by atoms with Crippen LogP contribution in [0, 0.1) is 23.4 Å². The summed E-state index contributed by atoms with van der Waals surface area (Å²) in [7, 11) is -3.83. The summed E-state index contributed by atoms with van der Waals surface area (Å²) in [4.78, 5) is 14.7. The number of carbonyl (C=O) groups is 1. The molecule has 2 aromatic rings. The van der Waals surface area contributed by atoms with Crippen molar-refractivity contribution in [2.45, 2.75) is 62.7 Å². The Bertz CT molecular complexity index is 1350. The van der Waals surface area contributed by atoms with Crippen molar-refractivity contribution in [2.24, 2.45) is 5.92 Å². The van der Waals surface area contributed by atoms with Crippen molar-refractivity contribution < 1.29 is 34.2 Å². The van der Waals surface area contributed by atoms with Gasteiger partial charge in [0.15, 0.2) is 0 Å². The molecule has 1 heterocycles. The lowest BCUT2D eigenvalue weighted by atomic mass is 9.78. The SMILES string of the molecule is [2H]C1([2H])[C@H]2[C@H](NS(=O)(=O)CC)[C@H](Cc3cccc(-c4cc(F)cc(F)c4)c3F)N(C(=O)C3(O)CCC3)[C@H]21. The molecule has 0 unspecified atom stereocenters. The molecule has 1 amide bonds. The number of halogens is 3. The van der Waals surface area contributed by atoms with Gasteiger partial charge in [0.2, 0.25) is 10.0 Å². The molecule has 2 N–H and O–H groups in total. The van der Waals surface area contributed by atoms with E-state index in [-0.39, 0.29) is 41.7 Å². The molecule has 0 aromatic heterocycles. The fourth-order valence-corrected chi connectivity index (χ4v) is 6.00. The van der Waals surface area contributed by atoms with E-state index in [4.69, 9.17) is 2.74 Å². The van der Waals surface area contributed by atoms with Crippen molar-refractivity contribution in [1.82, 2.24) is 9.62 Å². The minimum atomic E-state index is -3.83. The van der Waals surface area contributed by atoms with E-state index in [0.29, 0.717) is 12.5 Å². The molecule has 3 fully saturated rings. The number of carbonyl (C=O) groups excluding carboxylic acids is 1. The molecular formula is C25H27F3N2O4S. The van der Waals surface area contributed by atoms with Crippen molar-refractivity contribution in [3.8, 4) is 11.1 Å². The second-order valence-corrected chi connectivity index (χ2v) is 11.5. The Labute approximate surface area is 205 Å². The van der Waals surface area contributed by atoms with E-state index in [2.05, 4.69) is 4.72 Å². The van der Waals surface area contributed by atoms with Crippen molar-refractivity contribution >= 4 is 15.9 Å². The molecule has 0 spiro atoms. The van der Waals surface area contributed by atoms with E-state index >= 15 is 4.39 Å². The van der Waals surface area contributed by atoms with E-state index < -0.39 is 69.4 Å². The molecular weight excluding hydrogens is 481 g/mol. The predicted octanol–water partition coefficient (Wildman–Crippen LogP) is 3.14. The van der Waals surface area contributed by atoms with Gasteiger partial charge in [-0.15, -0.1) is 0 Å². The number of aliphatic hydroxyl groups is 1. The van der Waals surface area contributed by atoms with Crippen LogP contribution >= 0.6 is 0 Å². The maximum atomic E-state index is 15.7. The number of hydrogen-bond donors (Lipinski definition) is 2. The number of amides is 1. The van der Waals surface area contributed by atoms with Gasteiger partial charge in [0, 0.05) is 26.5 Å². The molecule has 188 valence electrons. The first kappa shape index (κ1) is 21.8. The number of likely N-dealkylation sites (tertiary alicyclic amines) is 1. The van der Waals surface area contributed by atoms with Crippen LogP contribution in [0.15, 0.2) is 36.4 Å². The van der Waals surface area contributed by atoms with Crippen molar-refractivity contribution in [3.05, 3.63) is 59.4 Å². The zero-order chi connectivity index (χ0) is 26.9. The number of nitrogens with zero attached hydrogens (tertiary/aromatic N) is 1. The number of rotatable bonds is 7. The van der Waals surface area contributed by atoms with Gasteiger partial charge in [-0.05, 0) is 68.2 Å². The summed E-state index contributed by atoms with van der Waals surface area (Å²) in [6.07, 6.45) is -1.05. The number of piperidine rings is 1. The fourth-order valence-electron chi connectivity index (χ4n) is 5.12. The zero-order valence-corrected chi connectivity index (χ0v) is 19.8. The molecule has 2 aromatic carbocycles. The average Bonchev–Trinajstić information content (AvgIpc) is 3.19. The number of fused-ring (bicyclic) bond motifs is 1. The van der Waals surface area contributed by atoms with Gasteiger partial charge >= 0.3 is 0 Å². The van der Waals surface area contributed by atoms with Gasteiger partial charge in [0.05, 0.1) is 11.8 Å². The van der Waals surface area contributed by atoms with Gasteiger partial charge in [-0.3, -0.25) is 4.79 Å². The first-order valence-corrected chi connectivity index (χ1v) is 13.2. The lowest BCUT2D eigenvalue weighted by Crippen LogP contribution is -2.59. The van der Waals surface area contributed by atoms with E-state index in [1.54, 1.807) is 0 Å². The average molecular weight is 511 g/mol. The Hall–Kier alpha value is -2.43. The number of benzene rings is 2. The van der Waals surface area contributed by atoms with Crippen molar-refractivity contribution in [2.75, 3.05) is 5.75 Å². The van der Waals surface area contributed by atoms with Crippen LogP contribution in [0.5, 0.6) is 0 Å². The normalized spacial score (nSPS) is 29.1. The summed E-state index contributed by atoms with van der Waals surface area (Å²) < 4.78 is 87.6. The fraction of sp³-hybridized carbons (Fsp3) is 0.480. The minimum Gasteiger partial charge on any atom is -0.380 e. The summed E-state index contributed by atoms with van der Waals surface area (Å²) in [5.74, 6) is -4.38. The standard InChI is InChI=1S/C25H27F3N2O4S/c1-2-35(33,34)29-23-19-13-20(19)30(24(31)25(32)7-4-8-25)21(23)11-14-5-3-6-18(22(14)28)15-9-16(26)12-17(27)10-15/h3,5-6,9-10,12,19-21,23,29,32H,2,4,7-8,11,13H2,1H3/t19-,20+,21+,23+/m1/s1/i13D2. The van der Waals surface area contributed by atoms with Crippen LogP contribution < -0.4 is 4.72 Å². The second kappa shape index (κ2) is 8.60. The molecule has 1 saturated heterocycles. The quantitative estimate of drug-likeness (QED) is 0.599. The second-order valence-electron chi connectivity index (χ2n) is 9.49. The highest BCUT2D eigenvalue weighted by Gasteiger charge is 2.63. The summed E-state index contributed by atoms with van der Waals surface area (Å²) in [5, 5.41) is 10.8. The first-order chi connectivity index (χ1) is 17.3. The molecule has 2 aliphatic carbocycles. The molecule has 3 aliphatic rings. The minimum absolute atomic E-state index is 0.0256. The highest BCUT2D eigenvalue weighted by molar-refractivity contribution is 7.89. The van der Waals surface area contributed by atoms with E-state index in [1.165, 1.54) is 30.0 Å². The van der Waals surface area contributed by atoms with Gasteiger partial charge < -0.3 is 10.0 Å². The molecule has 10 heteroatoms. The summed E-state index contributed by atoms with van der Waals surface area (Å²) >= 11 is 0. The van der Waals surface area contributed by atoms with Crippen molar-refractivity contribution in [3.63, 3.8) is 0 Å². The Balaban J connectivity index is 1.55. The smallest absolute Gasteiger partial charge is 0.255 e. The lowest BCUT2D eigenvalue weighted by molar-refractivity contribution is -0.162. The topological polar surface area (TPSA) is 86.7 Å². The molecule has 4 atom stereocenters. The number of hydrogen-bond acceptors (Lipinski definition) is 4. The number of sulfonamides is 1. The van der Waals surface area contributed by atoms with Gasteiger partial charge in [0.25, 0.3) is 5.91 Å². The summed E-state index contributed by atoms with van der Waals surface area (Å²) in [6, 6.07) is 3.93. The van der Waals surface area contributed by atoms with Gasteiger partial charge in [-0.25, -0.2) is 26.3 Å². The van der Waals surface area contributed by atoms with Crippen LogP contribution in [0.1, 0.15) is 40.9 Å². The monoisotopic (exact) mass is 510 g/mol. The number of nitrogens with one attached hydrogen (secondary N) is 1. The first-order valence-electron chi connectivity index (χ1n) is 12.6. The molecule has 0 bridgehead atoms. The Morgan fingerprint density at radius 1 is 1.23 bits per heavy atom. The highest BCUT2D eigenvalue weighted by atomic mass is 32.2. The maximum absolute atomic E-state index is 15.7. The van der Waals surface area contributed by atoms with Gasteiger partial charge in [-0.1, -0.05) is 18.2 Å². The zero-order valence-electron chi connectivity index (χ0n) is 21.0. The highest BCUT2D eigenvalue weighted by Crippen LogP contribution is 2.51. The van der Waals surface area contributed by atoms with E-state index in [9.17, 15) is 27.1 Å². The molecule has 2 saturated carbocycles. The van der Waals surface area contributed by atoms with Crippen LogP contribution in [0.25, 0.3) is 11.1 Å². The molecule has 0 radical (unpaired) electrons. The van der Waals surface area contributed by atoms with E-state index in [1.807, 2.05) is 0 Å². The summed E-state index contributed by atoms with van der Waals surface area (Å²) in [5.41, 5.74) is -1.70. The third kappa shape index (κ3) is 4.36. The molecule has 6 nitrogen and oxygen atoms in total. The Morgan fingerprint density at radius 2 is 1.91 bits per heavy atom. The van der Waals surface area contributed by atoms with Crippen LogP contribution in [-0.4, -0.2) is 53.8 Å². The third-order valence-electron chi connectivity index (χ3n) is 7.24. The molecule has 35 heavy (non-hydrogen) atoms. The van der Waals surface area contributed by atoms with E-state index in [0.717, 1.165) is 12.1 Å². The largest absolute Gasteiger partial charge is 0.380 e. The molecule has 5 rings (SSSR count). The summed E-state index contributed by atoms with van der Waals surface area (Å²) in [6.45, 7) is 1.42. The predicted molar refractivity (Wildman–Crippen MR) is 123 cm³/mol. The van der Waals surface area contributed by atoms with Crippen LogP contribution in [0.2, 0.25) is 0 Å². The van der Waals surface area contributed by atoms with Crippen LogP contribution in [0.3, 0.4) is 0 Å². The molecule has 1 aliphatic heterocycles. The maximum Gasteiger partial charge on any atom is 0.255 e. The third-order valence-corrected chi connectivity index (χ3v) is 8.63. The lowest BCUT2D eigenvalue weighted by Gasteiger charge is -2.42. The van der Waals surface area contributed by atoms with Gasteiger partial charge in [0.1, 0.15) is 23.1 Å². The van der Waals surface area contributed by atoms with Crippen LogP contribution in [0.4, 0.5) is 13.2 Å². The van der Waals surface area contributed by atoms with Crippen LogP contribution in [-0.2, 0) is 21.2 Å².